The average Bonchev–Trinajstić information content (AvgIpc) is 1.99. The summed E-state index contributed by atoms with van der Waals surface area (Å²) in [7, 11) is 1.71. The standard InChI is InChI=1S/C11H22N2O2/c1-10(2,12)7-9(14)13-8-11(15-3)5-4-6-11/h4-8,12H2,1-3H3,(H,13,14). The summed E-state index contributed by atoms with van der Waals surface area (Å²) in [5.41, 5.74) is 5.22. The molecule has 3 N–H and O–H groups in total. The van der Waals surface area contributed by atoms with Crippen molar-refractivity contribution in [2.75, 3.05) is 13.7 Å². The molecule has 88 valence electrons. The molecule has 4 nitrogen and oxygen atoms in total. The minimum atomic E-state index is -0.441. The van der Waals surface area contributed by atoms with Crippen molar-refractivity contribution in [2.45, 2.75) is 50.7 Å². The Morgan fingerprint density at radius 2 is 2.13 bits per heavy atom. The van der Waals surface area contributed by atoms with Crippen LogP contribution in [0.2, 0.25) is 0 Å². The summed E-state index contributed by atoms with van der Waals surface area (Å²) in [6, 6.07) is 0. The lowest BCUT2D eigenvalue weighted by Gasteiger charge is -2.40. The van der Waals surface area contributed by atoms with Gasteiger partial charge in [-0.15, -0.1) is 0 Å². The maximum absolute atomic E-state index is 11.5. The number of hydrogen-bond donors (Lipinski definition) is 2. The Kier molecular flexibility index (Phi) is 3.73. The first-order valence-electron chi connectivity index (χ1n) is 5.48. The smallest absolute Gasteiger partial charge is 0.221 e. The fraction of sp³-hybridized carbons (Fsp3) is 0.909. The molecule has 0 radical (unpaired) electrons. The van der Waals surface area contributed by atoms with E-state index in [4.69, 9.17) is 10.5 Å². The second-order valence-electron chi connectivity index (χ2n) is 5.18. The van der Waals surface area contributed by atoms with Crippen LogP contribution in [0, 0.1) is 0 Å². The highest BCUT2D eigenvalue weighted by Crippen LogP contribution is 2.34. The van der Waals surface area contributed by atoms with Crippen molar-refractivity contribution in [1.29, 1.82) is 0 Å². The average molecular weight is 214 g/mol. The Bertz CT molecular complexity index is 224. The van der Waals surface area contributed by atoms with Gasteiger partial charge in [-0.3, -0.25) is 4.79 Å². The Balaban J connectivity index is 2.27. The predicted molar refractivity (Wildman–Crippen MR) is 59.5 cm³/mol. The number of hydrogen-bond acceptors (Lipinski definition) is 3. The number of carbonyl (C=O) groups is 1. The van der Waals surface area contributed by atoms with E-state index < -0.39 is 5.54 Å². The van der Waals surface area contributed by atoms with Crippen LogP contribution in [-0.2, 0) is 9.53 Å². The molecule has 1 amide bonds. The van der Waals surface area contributed by atoms with E-state index in [1.807, 2.05) is 13.8 Å². The molecule has 4 heteroatoms. The van der Waals surface area contributed by atoms with Crippen molar-refractivity contribution in [3.8, 4) is 0 Å². The molecule has 1 rings (SSSR count). The largest absolute Gasteiger partial charge is 0.376 e. The van der Waals surface area contributed by atoms with Crippen molar-refractivity contribution in [2.24, 2.45) is 5.73 Å². The SMILES string of the molecule is COC1(CNC(=O)CC(C)(C)N)CCC1. The summed E-state index contributed by atoms with van der Waals surface area (Å²) in [4.78, 5) is 11.5. The third-order valence-corrected chi connectivity index (χ3v) is 2.92. The molecule has 1 aliphatic carbocycles. The van der Waals surface area contributed by atoms with Gasteiger partial charge in [0.25, 0.3) is 0 Å². The quantitative estimate of drug-likeness (QED) is 0.711. The van der Waals surface area contributed by atoms with Gasteiger partial charge in [0.1, 0.15) is 0 Å². The summed E-state index contributed by atoms with van der Waals surface area (Å²) in [5, 5.41) is 2.89. The van der Waals surface area contributed by atoms with Gasteiger partial charge >= 0.3 is 0 Å². The van der Waals surface area contributed by atoms with Gasteiger partial charge in [-0.2, -0.15) is 0 Å². The van der Waals surface area contributed by atoms with E-state index in [2.05, 4.69) is 5.32 Å². The van der Waals surface area contributed by atoms with Crippen LogP contribution in [-0.4, -0.2) is 30.7 Å². The summed E-state index contributed by atoms with van der Waals surface area (Å²) < 4.78 is 5.41. The molecule has 0 spiro atoms. The van der Waals surface area contributed by atoms with Crippen LogP contribution in [0.3, 0.4) is 0 Å². The van der Waals surface area contributed by atoms with Crippen molar-refractivity contribution in [3.63, 3.8) is 0 Å². The van der Waals surface area contributed by atoms with Crippen molar-refractivity contribution < 1.29 is 9.53 Å². The van der Waals surface area contributed by atoms with Gasteiger partial charge in [-0.05, 0) is 33.1 Å². The number of nitrogens with one attached hydrogen (secondary N) is 1. The van der Waals surface area contributed by atoms with E-state index in [-0.39, 0.29) is 11.5 Å². The highest BCUT2D eigenvalue weighted by atomic mass is 16.5. The number of carbonyl (C=O) groups excluding carboxylic acids is 1. The lowest BCUT2D eigenvalue weighted by atomic mass is 9.80. The van der Waals surface area contributed by atoms with Gasteiger partial charge in [-0.1, -0.05) is 0 Å². The van der Waals surface area contributed by atoms with Crippen LogP contribution < -0.4 is 11.1 Å². The van der Waals surface area contributed by atoms with Gasteiger partial charge in [0.2, 0.25) is 5.91 Å². The van der Waals surface area contributed by atoms with E-state index in [0.717, 1.165) is 12.8 Å². The van der Waals surface area contributed by atoms with Crippen molar-refractivity contribution in [3.05, 3.63) is 0 Å². The number of ether oxygens (including phenoxy) is 1. The van der Waals surface area contributed by atoms with E-state index in [1.54, 1.807) is 7.11 Å². The molecule has 0 unspecified atom stereocenters. The molecule has 0 aromatic rings. The van der Waals surface area contributed by atoms with Gasteiger partial charge in [0.15, 0.2) is 0 Å². The van der Waals surface area contributed by atoms with Crippen LogP contribution in [0.15, 0.2) is 0 Å². The number of rotatable bonds is 5. The van der Waals surface area contributed by atoms with Gasteiger partial charge in [-0.25, -0.2) is 0 Å². The lowest BCUT2D eigenvalue weighted by molar-refractivity contribution is -0.125. The normalized spacial score (nSPS) is 19.5. The van der Waals surface area contributed by atoms with Crippen molar-refractivity contribution in [1.82, 2.24) is 5.32 Å². The van der Waals surface area contributed by atoms with E-state index in [0.29, 0.717) is 13.0 Å². The Morgan fingerprint density at radius 3 is 2.47 bits per heavy atom. The molecule has 0 heterocycles. The molecular formula is C11H22N2O2. The third-order valence-electron chi connectivity index (χ3n) is 2.92. The zero-order valence-electron chi connectivity index (χ0n) is 9.93. The lowest BCUT2D eigenvalue weighted by Crippen LogP contribution is -2.50. The molecule has 0 aromatic heterocycles. The molecular weight excluding hydrogens is 192 g/mol. The summed E-state index contributed by atoms with van der Waals surface area (Å²) in [6.45, 7) is 4.31. The zero-order chi connectivity index (χ0) is 11.5. The fourth-order valence-corrected chi connectivity index (χ4v) is 1.76. The molecule has 0 atom stereocenters. The molecule has 0 aromatic carbocycles. The third kappa shape index (κ3) is 3.80. The second kappa shape index (κ2) is 4.49. The van der Waals surface area contributed by atoms with Crippen LogP contribution in [0.4, 0.5) is 0 Å². The Morgan fingerprint density at radius 1 is 1.53 bits per heavy atom. The molecule has 1 aliphatic rings. The number of amides is 1. The monoisotopic (exact) mass is 214 g/mol. The molecule has 0 bridgehead atoms. The fourth-order valence-electron chi connectivity index (χ4n) is 1.76. The molecule has 0 saturated heterocycles. The van der Waals surface area contributed by atoms with Gasteiger partial charge < -0.3 is 15.8 Å². The van der Waals surface area contributed by atoms with Crippen molar-refractivity contribution >= 4 is 5.91 Å². The van der Waals surface area contributed by atoms with E-state index in [9.17, 15) is 4.79 Å². The molecule has 0 aliphatic heterocycles. The molecule has 1 fully saturated rings. The Hall–Kier alpha value is -0.610. The number of methoxy groups -OCH3 is 1. The van der Waals surface area contributed by atoms with E-state index >= 15 is 0 Å². The zero-order valence-corrected chi connectivity index (χ0v) is 9.93. The molecule has 15 heavy (non-hydrogen) atoms. The minimum absolute atomic E-state index is 0.00539. The molecule has 1 saturated carbocycles. The Labute approximate surface area is 91.5 Å². The van der Waals surface area contributed by atoms with Crippen LogP contribution >= 0.6 is 0 Å². The van der Waals surface area contributed by atoms with Crippen LogP contribution in [0.5, 0.6) is 0 Å². The van der Waals surface area contributed by atoms with Crippen LogP contribution in [0.25, 0.3) is 0 Å². The van der Waals surface area contributed by atoms with Crippen LogP contribution in [0.1, 0.15) is 39.5 Å². The van der Waals surface area contributed by atoms with Gasteiger partial charge in [0.05, 0.1) is 5.60 Å². The summed E-state index contributed by atoms with van der Waals surface area (Å²) >= 11 is 0. The summed E-state index contributed by atoms with van der Waals surface area (Å²) in [5.74, 6) is 0.00539. The maximum Gasteiger partial charge on any atom is 0.221 e. The predicted octanol–water partition coefficient (Wildman–Crippen LogP) is 0.799. The number of nitrogens with two attached hydrogens (primary N) is 1. The van der Waals surface area contributed by atoms with Gasteiger partial charge in [0, 0.05) is 25.6 Å². The maximum atomic E-state index is 11.5. The first-order chi connectivity index (χ1) is 6.87. The first kappa shape index (κ1) is 12.5. The minimum Gasteiger partial charge on any atom is -0.376 e. The summed E-state index contributed by atoms with van der Waals surface area (Å²) in [6.07, 6.45) is 3.62. The second-order valence-corrected chi connectivity index (χ2v) is 5.18. The highest BCUT2D eigenvalue weighted by Gasteiger charge is 2.37. The highest BCUT2D eigenvalue weighted by molar-refractivity contribution is 5.77. The topological polar surface area (TPSA) is 64.3 Å². The first-order valence-corrected chi connectivity index (χ1v) is 5.48. The van der Waals surface area contributed by atoms with E-state index in [1.165, 1.54) is 6.42 Å².